The van der Waals surface area contributed by atoms with Gasteiger partial charge in [-0.3, -0.25) is 0 Å². The average molecular weight is 249 g/mol. The molecule has 1 aromatic heterocycles. The molecule has 1 N–H and O–H groups in total. The maximum absolute atomic E-state index is 8.97. The second-order valence-electron chi connectivity index (χ2n) is 3.98. The normalized spacial score (nSPS) is 10.8. The monoisotopic (exact) mass is 249 g/mol. The lowest BCUT2D eigenvalue weighted by Gasteiger charge is -2.09. The number of thiazole rings is 1. The smallest absolute Gasteiger partial charge is 0.119 e. The third-order valence-corrected chi connectivity index (χ3v) is 3.04. The molecule has 0 aliphatic rings. The van der Waals surface area contributed by atoms with Gasteiger partial charge in [0, 0.05) is 10.9 Å². The highest BCUT2D eigenvalue weighted by atomic mass is 32.1. The van der Waals surface area contributed by atoms with E-state index >= 15 is 0 Å². The maximum Gasteiger partial charge on any atom is 0.119 e. The molecule has 17 heavy (non-hydrogen) atoms. The van der Waals surface area contributed by atoms with Crippen molar-refractivity contribution in [3.8, 4) is 17.0 Å². The van der Waals surface area contributed by atoms with E-state index < -0.39 is 0 Å². The molecule has 0 fully saturated rings. The summed E-state index contributed by atoms with van der Waals surface area (Å²) in [6.07, 6.45) is 0.182. The Labute approximate surface area is 105 Å². The van der Waals surface area contributed by atoms with Crippen molar-refractivity contribution < 1.29 is 9.84 Å². The van der Waals surface area contributed by atoms with E-state index in [1.807, 2.05) is 43.5 Å². The summed E-state index contributed by atoms with van der Waals surface area (Å²) in [4.78, 5) is 4.32. The van der Waals surface area contributed by atoms with Crippen molar-refractivity contribution in [1.29, 1.82) is 0 Å². The van der Waals surface area contributed by atoms with Gasteiger partial charge in [0.05, 0.1) is 18.4 Å². The molecule has 0 saturated heterocycles. The number of ether oxygens (including phenoxy) is 1. The number of aliphatic hydroxyl groups is 1. The molecule has 0 amide bonds. The zero-order valence-electron chi connectivity index (χ0n) is 9.88. The second kappa shape index (κ2) is 5.29. The van der Waals surface area contributed by atoms with E-state index in [9.17, 15) is 0 Å². The zero-order chi connectivity index (χ0) is 12.3. The second-order valence-corrected chi connectivity index (χ2v) is 4.92. The van der Waals surface area contributed by atoms with E-state index in [1.165, 1.54) is 11.3 Å². The Kier molecular flexibility index (Phi) is 3.76. The predicted molar refractivity (Wildman–Crippen MR) is 69.2 cm³/mol. The Hall–Kier alpha value is -1.39. The Morgan fingerprint density at radius 1 is 1.29 bits per heavy atom. The maximum atomic E-state index is 8.97. The van der Waals surface area contributed by atoms with Crippen molar-refractivity contribution in [2.75, 3.05) is 0 Å². The molecule has 0 bridgehead atoms. The lowest BCUT2D eigenvalue weighted by Crippen LogP contribution is -2.05. The molecule has 0 unspecified atom stereocenters. The van der Waals surface area contributed by atoms with Gasteiger partial charge in [-0.25, -0.2) is 4.98 Å². The van der Waals surface area contributed by atoms with Gasteiger partial charge < -0.3 is 9.84 Å². The number of aromatic nitrogens is 1. The highest BCUT2D eigenvalue weighted by molar-refractivity contribution is 7.09. The third kappa shape index (κ3) is 3.05. The molecule has 90 valence electrons. The first-order valence-electron chi connectivity index (χ1n) is 5.51. The van der Waals surface area contributed by atoms with E-state index in [0.717, 1.165) is 22.0 Å². The van der Waals surface area contributed by atoms with Crippen LogP contribution in [0.1, 0.15) is 18.9 Å². The van der Waals surface area contributed by atoms with Crippen molar-refractivity contribution >= 4 is 11.3 Å². The molecule has 0 radical (unpaired) electrons. The van der Waals surface area contributed by atoms with Gasteiger partial charge in [-0.15, -0.1) is 11.3 Å². The largest absolute Gasteiger partial charge is 0.491 e. The third-order valence-electron chi connectivity index (χ3n) is 2.21. The van der Waals surface area contributed by atoms with Crippen molar-refractivity contribution in [3.63, 3.8) is 0 Å². The molecule has 0 saturated carbocycles. The summed E-state index contributed by atoms with van der Waals surface area (Å²) in [5, 5.41) is 11.7. The number of aliphatic hydroxyl groups excluding tert-OH is 1. The van der Waals surface area contributed by atoms with Gasteiger partial charge in [-0.05, 0) is 38.1 Å². The minimum absolute atomic E-state index is 0.000783. The zero-order valence-corrected chi connectivity index (χ0v) is 10.7. The van der Waals surface area contributed by atoms with Crippen LogP contribution in [0.25, 0.3) is 11.3 Å². The van der Waals surface area contributed by atoms with E-state index in [0.29, 0.717) is 0 Å². The van der Waals surface area contributed by atoms with Gasteiger partial charge in [0.2, 0.25) is 0 Å². The van der Waals surface area contributed by atoms with Crippen LogP contribution in [0.5, 0.6) is 5.75 Å². The van der Waals surface area contributed by atoms with Crippen LogP contribution in [0.15, 0.2) is 29.6 Å². The Bertz CT molecular complexity index is 476. The van der Waals surface area contributed by atoms with Gasteiger partial charge in [-0.1, -0.05) is 0 Å². The molecule has 1 heterocycles. The van der Waals surface area contributed by atoms with Crippen molar-refractivity contribution in [2.24, 2.45) is 0 Å². The van der Waals surface area contributed by atoms with Gasteiger partial charge >= 0.3 is 0 Å². The number of benzene rings is 1. The summed E-state index contributed by atoms with van der Waals surface area (Å²) in [5.41, 5.74) is 1.94. The topological polar surface area (TPSA) is 42.4 Å². The highest BCUT2D eigenvalue weighted by Crippen LogP contribution is 2.24. The number of nitrogens with zero attached hydrogens (tertiary/aromatic N) is 1. The Morgan fingerprint density at radius 2 is 2.00 bits per heavy atom. The fraction of sp³-hybridized carbons (Fsp3) is 0.308. The first-order chi connectivity index (χ1) is 8.19. The Morgan fingerprint density at radius 3 is 2.53 bits per heavy atom. The van der Waals surface area contributed by atoms with E-state index in [2.05, 4.69) is 4.98 Å². The summed E-state index contributed by atoms with van der Waals surface area (Å²) in [5.74, 6) is 0.862. The predicted octanol–water partition coefficient (Wildman–Crippen LogP) is 3.09. The lowest BCUT2D eigenvalue weighted by molar-refractivity contribution is 0.242. The minimum Gasteiger partial charge on any atom is -0.491 e. The quantitative estimate of drug-likeness (QED) is 0.905. The highest BCUT2D eigenvalue weighted by Gasteiger charge is 2.04. The van der Waals surface area contributed by atoms with Gasteiger partial charge in [0.15, 0.2) is 0 Å². The number of hydrogen-bond acceptors (Lipinski definition) is 4. The molecule has 0 aliphatic heterocycles. The molecular weight excluding hydrogens is 234 g/mol. The minimum atomic E-state index is -0.000783. The van der Waals surface area contributed by atoms with Crippen LogP contribution in [0.4, 0.5) is 0 Å². The van der Waals surface area contributed by atoms with Crippen LogP contribution in [0, 0.1) is 0 Å². The van der Waals surface area contributed by atoms with Gasteiger partial charge in [-0.2, -0.15) is 0 Å². The van der Waals surface area contributed by atoms with Gasteiger partial charge in [0.25, 0.3) is 0 Å². The molecule has 0 aliphatic carbocycles. The van der Waals surface area contributed by atoms with Crippen LogP contribution in [0.3, 0.4) is 0 Å². The fourth-order valence-corrected chi connectivity index (χ4v) is 2.15. The van der Waals surface area contributed by atoms with E-state index in [1.54, 1.807) is 0 Å². The van der Waals surface area contributed by atoms with Gasteiger partial charge in [0.1, 0.15) is 10.8 Å². The summed E-state index contributed by atoms with van der Waals surface area (Å²) < 4.78 is 5.57. The number of hydrogen-bond donors (Lipinski definition) is 1. The first-order valence-corrected chi connectivity index (χ1v) is 6.39. The number of rotatable bonds is 4. The molecule has 4 heteroatoms. The molecule has 2 aromatic rings. The lowest BCUT2D eigenvalue weighted by atomic mass is 10.2. The molecule has 3 nitrogen and oxygen atoms in total. The van der Waals surface area contributed by atoms with Crippen LogP contribution in [0.2, 0.25) is 0 Å². The van der Waals surface area contributed by atoms with Crippen LogP contribution < -0.4 is 4.74 Å². The average Bonchev–Trinajstić information content (AvgIpc) is 2.78. The van der Waals surface area contributed by atoms with Crippen molar-refractivity contribution in [1.82, 2.24) is 4.98 Å². The van der Waals surface area contributed by atoms with Crippen molar-refractivity contribution in [3.05, 3.63) is 34.7 Å². The summed E-state index contributed by atoms with van der Waals surface area (Å²) in [7, 11) is 0. The van der Waals surface area contributed by atoms with E-state index in [-0.39, 0.29) is 12.7 Å². The van der Waals surface area contributed by atoms with Crippen LogP contribution >= 0.6 is 11.3 Å². The fourth-order valence-electron chi connectivity index (χ4n) is 1.49. The Balaban J connectivity index is 2.17. The first kappa shape index (κ1) is 12.1. The standard InChI is InChI=1S/C13H15NO2S/c1-9(2)16-11-5-3-10(4-6-11)12-8-17-13(7-15)14-12/h3-6,8-9,15H,7H2,1-2H3. The SMILES string of the molecule is CC(C)Oc1ccc(-c2csc(CO)n2)cc1. The summed E-state index contributed by atoms with van der Waals surface area (Å²) in [6, 6.07) is 7.84. The molecule has 1 aromatic carbocycles. The summed E-state index contributed by atoms with van der Waals surface area (Å²) >= 11 is 1.47. The molecule has 2 rings (SSSR count). The van der Waals surface area contributed by atoms with E-state index in [4.69, 9.17) is 9.84 Å². The molecule has 0 spiro atoms. The summed E-state index contributed by atoms with van der Waals surface area (Å²) in [6.45, 7) is 4.00. The van der Waals surface area contributed by atoms with Crippen molar-refractivity contribution in [2.45, 2.75) is 26.6 Å². The van der Waals surface area contributed by atoms with Crippen LogP contribution in [-0.4, -0.2) is 16.2 Å². The molecule has 0 atom stereocenters. The van der Waals surface area contributed by atoms with Crippen LogP contribution in [-0.2, 0) is 6.61 Å². The molecular formula is C13H15NO2S.